The Hall–Kier alpha value is -2.62. The van der Waals surface area contributed by atoms with E-state index in [1.165, 1.54) is 0 Å². The van der Waals surface area contributed by atoms with Gasteiger partial charge in [-0.2, -0.15) is 0 Å². The molecule has 0 fully saturated rings. The van der Waals surface area contributed by atoms with Crippen LogP contribution in [-0.2, 0) is 16.1 Å². The predicted octanol–water partition coefficient (Wildman–Crippen LogP) is 3.67. The molecule has 1 aromatic heterocycles. The van der Waals surface area contributed by atoms with Crippen molar-refractivity contribution >= 4 is 22.9 Å². The molecule has 0 unspecified atom stereocenters. The monoisotopic (exact) mass is 518 g/mol. The lowest BCUT2D eigenvalue weighted by atomic mass is 9.86. The Bertz CT molecular complexity index is 977. The van der Waals surface area contributed by atoms with Gasteiger partial charge in [0.05, 0.1) is 18.2 Å². The molecular weight excluding hydrogens is 472 g/mol. The average Bonchev–Trinajstić information content (AvgIpc) is 3.21. The summed E-state index contributed by atoms with van der Waals surface area (Å²) in [5, 5.41) is 17.3. The number of hydrogen-bond acceptors (Lipinski definition) is 6. The summed E-state index contributed by atoms with van der Waals surface area (Å²) in [6, 6.07) is 7.25. The Morgan fingerprint density at radius 3 is 2.54 bits per heavy atom. The number of methoxy groups -OCH3 is 1. The first-order valence-corrected chi connectivity index (χ1v) is 13.4. The second-order valence-corrected chi connectivity index (χ2v) is 10.2. The molecule has 2 amide bonds. The van der Waals surface area contributed by atoms with Crippen LogP contribution in [0.2, 0.25) is 0 Å². The van der Waals surface area contributed by atoms with E-state index in [1.54, 1.807) is 14.0 Å². The van der Waals surface area contributed by atoms with E-state index in [0.29, 0.717) is 44.8 Å². The third-order valence-corrected chi connectivity index (χ3v) is 6.88. The van der Waals surface area contributed by atoms with Crippen molar-refractivity contribution in [1.29, 1.82) is 0 Å². The number of fused-ring (bicyclic) bond motifs is 1. The summed E-state index contributed by atoms with van der Waals surface area (Å²) in [6.07, 6.45) is 3.23. The number of nitrogens with one attached hydrogen (secondary N) is 2. The van der Waals surface area contributed by atoms with Crippen molar-refractivity contribution in [2.24, 2.45) is 23.5 Å². The standard InChI is InChI=1S/C28H46N4O5/c1-6-7-12-30-27(34)20(4)15-25(33)23(29)16-21(19(2)3)17-31-28(35)37-26-18-32(13-14-36-5)24-11-9-8-10-22(24)26/h8-11,18-21,23,25,33H,6-7,12-17,29H2,1-5H3,(H,30,34)(H,31,35)/t20-,21+,23+,25+/m1/s1. The smallest absolute Gasteiger partial charge is 0.408 e. The van der Waals surface area contributed by atoms with E-state index in [4.69, 9.17) is 15.2 Å². The van der Waals surface area contributed by atoms with Gasteiger partial charge in [-0.05, 0) is 43.2 Å². The predicted molar refractivity (Wildman–Crippen MR) is 146 cm³/mol. The minimum absolute atomic E-state index is 0.0360. The fourth-order valence-corrected chi connectivity index (χ4v) is 4.32. The Morgan fingerprint density at radius 2 is 1.86 bits per heavy atom. The molecule has 2 aromatic rings. The molecule has 0 aliphatic carbocycles. The van der Waals surface area contributed by atoms with Crippen LogP contribution in [0.1, 0.15) is 53.4 Å². The van der Waals surface area contributed by atoms with E-state index >= 15 is 0 Å². The van der Waals surface area contributed by atoms with Gasteiger partial charge in [0.1, 0.15) is 0 Å². The van der Waals surface area contributed by atoms with Crippen molar-refractivity contribution in [3.8, 4) is 5.75 Å². The van der Waals surface area contributed by atoms with Crippen LogP contribution < -0.4 is 21.1 Å². The van der Waals surface area contributed by atoms with Gasteiger partial charge in [-0.15, -0.1) is 0 Å². The summed E-state index contributed by atoms with van der Waals surface area (Å²) in [5.41, 5.74) is 7.29. The molecule has 9 heteroatoms. The van der Waals surface area contributed by atoms with E-state index in [1.807, 2.05) is 35.0 Å². The van der Waals surface area contributed by atoms with Crippen molar-refractivity contribution in [3.05, 3.63) is 30.5 Å². The Labute approximate surface area is 221 Å². The van der Waals surface area contributed by atoms with Crippen LogP contribution in [0.25, 0.3) is 10.9 Å². The molecule has 37 heavy (non-hydrogen) atoms. The minimum Gasteiger partial charge on any atom is -0.408 e. The molecule has 1 heterocycles. The van der Waals surface area contributed by atoms with Gasteiger partial charge in [0.15, 0.2) is 5.75 Å². The maximum Gasteiger partial charge on any atom is 0.412 e. The number of carbonyl (C=O) groups excluding carboxylic acids is 2. The molecule has 0 aliphatic heterocycles. The molecule has 2 rings (SSSR count). The first kappa shape index (κ1) is 30.6. The van der Waals surface area contributed by atoms with Crippen LogP contribution in [0.15, 0.2) is 30.5 Å². The van der Waals surface area contributed by atoms with Gasteiger partial charge in [0.25, 0.3) is 0 Å². The lowest BCUT2D eigenvalue weighted by Crippen LogP contribution is -2.43. The zero-order valence-corrected chi connectivity index (χ0v) is 23.0. The fraction of sp³-hybridized carbons (Fsp3) is 0.643. The zero-order valence-electron chi connectivity index (χ0n) is 23.0. The second-order valence-electron chi connectivity index (χ2n) is 10.2. The maximum atomic E-state index is 12.7. The van der Waals surface area contributed by atoms with Gasteiger partial charge in [-0.25, -0.2) is 4.79 Å². The number of aliphatic hydroxyl groups excluding tert-OH is 1. The number of carbonyl (C=O) groups is 2. The molecule has 5 N–H and O–H groups in total. The van der Waals surface area contributed by atoms with E-state index in [9.17, 15) is 14.7 Å². The summed E-state index contributed by atoms with van der Waals surface area (Å²) in [7, 11) is 1.65. The number of unbranched alkanes of at least 4 members (excludes halogenated alkanes) is 1. The molecule has 0 aliphatic rings. The number of nitrogens with zero attached hydrogens (tertiary/aromatic N) is 1. The number of aromatic nitrogens is 1. The number of ether oxygens (including phenoxy) is 2. The molecule has 0 radical (unpaired) electrons. The maximum absolute atomic E-state index is 12.7. The number of rotatable bonds is 16. The molecule has 208 valence electrons. The van der Waals surface area contributed by atoms with Crippen LogP contribution in [0.3, 0.4) is 0 Å². The highest BCUT2D eigenvalue weighted by Gasteiger charge is 2.26. The third kappa shape index (κ3) is 9.64. The first-order chi connectivity index (χ1) is 17.7. The number of nitrogens with two attached hydrogens (primary N) is 1. The van der Waals surface area contributed by atoms with Crippen LogP contribution in [0.5, 0.6) is 5.75 Å². The van der Waals surface area contributed by atoms with E-state index < -0.39 is 18.2 Å². The van der Waals surface area contributed by atoms with Crippen molar-refractivity contribution in [2.75, 3.05) is 26.8 Å². The number of hydrogen-bond donors (Lipinski definition) is 4. The summed E-state index contributed by atoms with van der Waals surface area (Å²) >= 11 is 0. The molecule has 1 aromatic carbocycles. The quantitative estimate of drug-likeness (QED) is 0.251. The zero-order chi connectivity index (χ0) is 27.4. The Balaban J connectivity index is 1.90. The summed E-state index contributed by atoms with van der Waals surface area (Å²) < 4.78 is 12.8. The van der Waals surface area contributed by atoms with Gasteiger partial charge < -0.3 is 35.5 Å². The highest BCUT2D eigenvalue weighted by atomic mass is 16.6. The third-order valence-electron chi connectivity index (χ3n) is 6.88. The topological polar surface area (TPSA) is 128 Å². The highest BCUT2D eigenvalue weighted by molar-refractivity contribution is 5.89. The average molecular weight is 519 g/mol. The molecule has 0 saturated heterocycles. The van der Waals surface area contributed by atoms with Gasteiger partial charge >= 0.3 is 6.09 Å². The first-order valence-electron chi connectivity index (χ1n) is 13.4. The highest BCUT2D eigenvalue weighted by Crippen LogP contribution is 2.28. The lowest BCUT2D eigenvalue weighted by molar-refractivity contribution is -0.125. The van der Waals surface area contributed by atoms with Crippen LogP contribution >= 0.6 is 0 Å². The number of aliphatic hydroxyl groups is 1. The summed E-state index contributed by atoms with van der Waals surface area (Å²) in [4.78, 5) is 24.9. The molecule has 0 bridgehead atoms. The summed E-state index contributed by atoms with van der Waals surface area (Å²) in [6.45, 7) is 10.2. The van der Waals surface area contributed by atoms with Crippen molar-refractivity contribution in [1.82, 2.24) is 15.2 Å². The Morgan fingerprint density at radius 1 is 1.14 bits per heavy atom. The SMILES string of the molecule is CCCCNC(=O)[C@H](C)C[C@H](O)[C@@H](N)C[C@@H](CNC(=O)Oc1cn(CCOC)c2ccccc12)C(C)C. The number of amides is 2. The van der Waals surface area contributed by atoms with E-state index in [2.05, 4.69) is 31.4 Å². The molecule has 0 saturated carbocycles. The van der Waals surface area contributed by atoms with Crippen LogP contribution in [0, 0.1) is 17.8 Å². The van der Waals surface area contributed by atoms with E-state index in [-0.39, 0.29) is 23.7 Å². The van der Waals surface area contributed by atoms with Gasteiger partial charge in [0.2, 0.25) is 5.91 Å². The normalized spacial score (nSPS) is 14.8. The molecule has 4 atom stereocenters. The number of benzene rings is 1. The fourth-order valence-electron chi connectivity index (χ4n) is 4.32. The summed E-state index contributed by atoms with van der Waals surface area (Å²) in [5.74, 6) is 0.365. The van der Waals surface area contributed by atoms with Gasteiger partial charge in [-0.3, -0.25) is 4.79 Å². The molecule has 0 spiro atoms. The largest absolute Gasteiger partial charge is 0.412 e. The van der Waals surface area contributed by atoms with Crippen LogP contribution in [-0.4, -0.2) is 60.6 Å². The van der Waals surface area contributed by atoms with Crippen LogP contribution in [0.4, 0.5) is 4.79 Å². The van der Waals surface area contributed by atoms with Crippen molar-refractivity contribution < 1.29 is 24.2 Å². The number of para-hydroxylation sites is 1. The molecular formula is C28H46N4O5. The lowest BCUT2D eigenvalue weighted by Gasteiger charge is -2.28. The minimum atomic E-state index is -0.807. The van der Waals surface area contributed by atoms with Gasteiger partial charge in [-0.1, -0.05) is 46.2 Å². The molecule has 9 nitrogen and oxygen atoms in total. The van der Waals surface area contributed by atoms with Crippen molar-refractivity contribution in [3.63, 3.8) is 0 Å². The second kappa shape index (κ2) is 15.6. The Kier molecular flexibility index (Phi) is 12.9. The van der Waals surface area contributed by atoms with E-state index in [0.717, 1.165) is 23.7 Å². The van der Waals surface area contributed by atoms with Crippen molar-refractivity contribution in [2.45, 2.75) is 72.1 Å². The van der Waals surface area contributed by atoms with Gasteiger partial charge in [0, 0.05) is 50.3 Å².